The van der Waals surface area contributed by atoms with Gasteiger partial charge in [0.05, 0.1) is 10.3 Å². The Bertz CT molecular complexity index is 1530. The minimum atomic E-state index is -0.280. The molecule has 0 atom stereocenters. The molecule has 170 valence electrons. The van der Waals surface area contributed by atoms with Crippen LogP contribution in [0.4, 0.5) is 11.4 Å². The lowest BCUT2D eigenvalue weighted by Gasteiger charge is -2.17. The predicted octanol–water partition coefficient (Wildman–Crippen LogP) is 4.17. The van der Waals surface area contributed by atoms with E-state index in [0.29, 0.717) is 45.0 Å². The van der Waals surface area contributed by atoms with Crippen LogP contribution in [0.15, 0.2) is 53.3 Å². The minimum Gasteiger partial charge on any atom is -0.321 e. The van der Waals surface area contributed by atoms with E-state index in [9.17, 15) is 14.4 Å². The highest BCUT2D eigenvalue weighted by Crippen LogP contribution is 2.31. The van der Waals surface area contributed by atoms with E-state index in [1.54, 1.807) is 40.7 Å². The fraction of sp³-hybridized carbons (Fsp3) is 0.231. The summed E-state index contributed by atoms with van der Waals surface area (Å²) in [5.74, 6) is 0.465. The van der Waals surface area contributed by atoms with E-state index < -0.39 is 0 Å². The number of hydrogen-bond donors (Lipinski definition) is 1. The number of nitrogens with one attached hydrogen (secondary N) is 1. The van der Waals surface area contributed by atoms with Crippen LogP contribution in [0.5, 0.6) is 0 Å². The van der Waals surface area contributed by atoms with Gasteiger partial charge >= 0.3 is 0 Å². The van der Waals surface area contributed by atoms with Gasteiger partial charge in [-0.3, -0.25) is 19.0 Å². The van der Waals surface area contributed by atoms with Crippen LogP contribution in [-0.4, -0.2) is 27.9 Å². The van der Waals surface area contributed by atoms with Gasteiger partial charge in [-0.15, -0.1) is 11.3 Å². The standard InChI is InChI=1S/C26H22N4O3S/c1-15-21-24(28-20-7-4-13-30(20)26(21)33)34-22(15)23(31)27-18-10-8-17(9-11-18)25(32)29-14-12-16-5-2-3-6-19(16)29/h2-3,5-6,8-11H,4,7,12-14H2,1H3,(H,27,31). The maximum atomic E-state index is 13.0. The van der Waals surface area contributed by atoms with E-state index in [1.165, 1.54) is 16.9 Å². The molecule has 0 spiro atoms. The lowest BCUT2D eigenvalue weighted by Crippen LogP contribution is -2.28. The largest absolute Gasteiger partial charge is 0.321 e. The molecule has 6 rings (SSSR count). The number of aromatic nitrogens is 2. The Morgan fingerprint density at radius 1 is 1.03 bits per heavy atom. The number of aryl methyl sites for hydroxylation is 2. The molecular weight excluding hydrogens is 448 g/mol. The Balaban J connectivity index is 1.23. The Kier molecular flexibility index (Phi) is 4.84. The predicted molar refractivity (Wildman–Crippen MR) is 133 cm³/mol. The first-order valence-electron chi connectivity index (χ1n) is 11.4. The molecule has 0 bridgehead atoms. The normalized spacial score (nSPS) is 14.3. The fourth-order valence-corrected chi connectivity index (χ4v) is 5.97. The number of rotatable bonds is 3. The van der Waals surface area contributed by atoms with Gasteiger partial charge in [-0.25, -0.2) is 4.98 Å². The van der Waals surface area contributed by atoms with Crippen molar-refractivity contribution in [1.82, 2.24) is 9.55 Å². The number of thiophene rings is 1. The van der Waals surface area contributed by atoms with Crippen molar-refractivity contribution in [3.05, 3.63) is 86.3 Å². The maximum Gasteiger partial charge on any atom is 0.266 e. The fourth-order valence-electron chi connectivity index (χ4n) is 4.88. The van der Waals surface area contributed by atoms with Crippen molar-refractivity contribution in [1.29, 1.82) is 0 Å². The van der Waals surface area contributed by atoms with Gasteiger partial charge in [-0.05, 0) is 61.2 Å². The van der Waals surface area contributed by atoms with Gasteiger partial charge in [0.2, 0.25) is 0 Å². The summed E-state index contributed by atoms with van der Waals surface area (Å²) >= 11 is 1.25. The smallest absolute Gasteiger partial charge is 0.266 e. The summed E-state index contributed by atoms with van der Waals surface area (Å²) in [5.41, 5.74) is 3.90. The van der Waals surface area contributed by atoms with Crippen molar-refractivity contribution >= 4 is 44.7 Å². The summed E-state index contributed by atoms with van der Waals surface area (Å²) in [6.45, 7) is 3.15. The summed E-state index contributed by atoms with van der Waals surface area (Å²) in [5, 5.41) is 3.43. The number of para-hydroxylation sites is 1. The van der Waals surface area contributed by atoms with Crippen LogP contribution < -0.4 is 15.8 Å². The van der Waals surface area contributed by atoms with Gasteiger partial charge in [0.15, 0.2) is 0 Å². The van der Waals surface area contributed by atoms with Crippen LogP contribution >= 0.6 is 11.3 Å². The van der Waals surface area contributed by atoms with Crippen molar-refractivity contribution in [2.24, 2.45) is 0 Å². The molecule has 0 saturated heterocycles. The van der Waals surface area contributed by atoms with Crippen molar-refractivity contribution in [2.75, 3.05) is 16.8 Å². The van der Waals surface area contributed by atoms with Crippen molar-refractivity contribution < 1.29 is 9.59 Å². The molecule has 0 radical (unpaired) electrons. The molecule has 34 heavy (non-hydrogen) atoms. The highest BCUT2D eigenvalue weighted by atomic mass is 32.1. The van der Waals surface area contributed by atoms with Gasteiger partial charge in [0, 0.05) is 36.4 Å². The second-order valence-electron chi connectivity index (χ2n) is 8.69. The van der Waals surface area contributed by atoms with Crippen molar-refractivity contribution in [2.45, 2.75) is 32.7 Å². The molecule has 0 unspecified atom stereocenters. The van der Waals surface area contributed by atoms with Crippen LogP contribution in [0, 0.1) is 6.92 Å². The molecule has 8 heteroatoms. The molecule has 0 fully saturated rings. The summed E-state index contributed by atoms with van der Waals surface area (Å²) in [7, 11) is 0. The molecule has 2 aromatic heterocycles. The number of amides is 2. The number of nitrogens with zero attached hydrogens (tertiary/aromatic N) is 3. The number of carbonyl (C=O) groups is 2. The third-order valence-electron chi connectivity index (χ3n) is 6.64. The van der Waals surface area contributed by atoms with Crippen LogP contribution in [-0.2, 0) is 19.4 Å². The maximum absolute atomic E-state index is 13.0. The van der Waals surface area contributed by atoms with Gasteiger partial charge in [0.1, 0.15) is 10.7 Å². The minimum absolute atomic E-state index is 0.0530. The second-order valence-corrected chi connectivity index (χ2v) is 9.69. The summed E-state index contributed by atoms with van der Waals surface area (Å²) in [4.78, 5) is 46.5. The Morgan fingerprint density at radius 3 is 2.65 bits per heavy atom. The zero-order chi connectivity index (χ0) is 23.4. The van der Waals surface area contributed by atoms with Crippen LogP contribution in [0.2, 0.25) is 0 Å². The molecule has 0 aliphatic carbocycles. The van der Waals surface area contributed by atoms with Gasteiger partial charge in [-0.2, -0.15) is 0 Å². The monoisotopic (exact) mass is 470 g/mol. The Morgan fingerprint density at radius 2 is 1.82 bits per heavy atom. The van der Waals surface area contributed by atoms with Crippen LogP contribution in [0.25, 0.3) is 10.2 Å². The van der Waals surface area contributed by atoms with Crippen LogP contribution in [0.3, 0.4) is 0 Å². The molecule has 2 aliphatic rings. The first-order valence-corrected chi connectivity index (χ1v) is 12.2. The van der Waals surface area contributed by atoms with Gasteiger partial charge < -0.3 is 10.2 Å². The van der Waals surface area contributed by atoms with Crippen molar-refractivity contribution in [3.63, 3.8) is 0 Å². The average molecular weight is 471 g/mol. The zero-order valence-electron chi connectivity index (χ0n) is 18.6. The van der Waals surface area contributed by atoms with E-state index in [2.05, 4.69) is 16.4 Å². The lowest BCUT2D eigenvalue weighted by atomic mass is 10.1. The highest BCUT2D eigenvalue weighted by molar-refractivity contribution is 7.20. The number of benzene rings is 2. The zero-order valence-corrected chi connectivity index (χ0v) is 19.4. The Hall–Kier alpha value is -3.78. The van der Waals surface area contributed by atoms with Crippen LogP contribution in [0.1, 0.15) is 43.4 Å². The lowest BCUT2D eigenvalue weighted by molar-refractivity contribution is 0.0988. The summed E-state index contributed by atoms with van der Waals surface area (Å²) < 4.78 is 1.72. The number of anilines is 2. The third-order valence-corrected chi connectivity index (χ3v) is 7.82. The molecule has 1 N–H and O–H groups in total. The highest BCUT2D eigenvalue weighted by Gasteiger charge is 2.26. The molecule has 0 saturated carbocycles. The van der Waals surface area contributed by atoms with Gasteiger partial charge in [0.25, 0.3) is 17.4 Å². The molecule has 2 aromatic carbocycles. The molecule has 2 amide bonds. The first kappa shape index (κ1) is 20.8. The molecule has 4 aromatic rings. The molecule has 2 aliphatic heterocycles. The number of fused-ring (bicyclic) bond motifs is 3. The second kappa shape index (κ2) is 7.92. The number of carbonyl (C=O) groups excluding carboxylic acids is 2. The first-order chi connectivity index (χ1) is 16.5. The summed E-state index contributed by atoms with van der Waals surface area (Å²) in [6.07, 6.45) is 2.57. The average Bonchev–Trinajstić information content (AvgIpc) is 3.57. The van der Waals surface area contributed by atoms with E-state index in [4.69, 9.17) is 0 Å². The quantitative estimate of drug-likeness (QED) is 0.487. The van der Waals surface area contributed by atoms with E-state index >= 15 is 0 Å². The van der Waals surface area contributed by atoms with Gasteiger partial charge in [-0.1, -0.05) is 18.2 Å². The topological polar surface area (TPSA) is 84.3 Å². The van der Waals surface area contributed by atoms with E-state index in [1.807, 2.05) is 18.2 Å². The van der Waals surface area contributed by atoms with E-state index in [0.717, 1.165) is 30.8 Å². The number of hydrogen-bond acceptors (Lipinski definition) is 5. The molecular formula is C26H22N4O3S. The molecule has 7 nitrogen and oxygen atoms in total. The summed E-state index contributed by atoms with van der Waals surface area (Å²) in [6, 6.07) is 14.9. The van der Waals surface area contributed by atoms with E-state index in [-0.39, 0.29) is 17.4 Å². The SMILES string of the molecule is Cc1c(C(=O)Nc2ccc(C(=O)N3CCc4ccccc43)cc2)sc2nc3n(c(=O)c12)CCC3. The Labute approximate surface area is 199 Å². The third kappa shape index (κ3) is 3.25. The van der Waals surface area contributed by atoms with Crippen molar-refractivity contribution in [3.8, 4) is 0 Å². The molecule has 4 heterocycles.